The van der Waals surface area contributed by atoms with Gasteiger partial charge >= 0.3 is 6.09 Å². The van der Waals surface area contributed by atoms with Crippen molar-refractivity contribution in [1.29, 1.82) is 0 Å². The average Bonchev–Trinajstić information content (AvgIpc) is 3.14. The number of hydrogen-bond donors (Lipinski definition) is 2. The van der Waals surface area contributed by atoms with E-state index in [1.807, 2.05) is 17.5 Å². The van der Waals surface area contributed by atoms with Gasteiger partial charge in [0.2, 0.25) is 0 Å². The number of ether oxygens (including phenoxy) is 1. The lowest BCUT2D eigenvalue weighted by Gasteiger charge is -2.17. The molecule has 8 heteroatoms. The van der Waals surface area contributed by atoms with Gasteiger partial charge in [0.1, 0.15) is 6.10 Å². The fourth-order valence-corrected chi connectivity index (χ4v) is 4.11. The molecule has 0 aliphatic rings. The number of nitrogens with one attached hydrogen (secondary N) is 1. The average molecular weight is 420 g/mol. The molecule has 0 bridgehead atoms. The molecule has 0 saturated heterocycles. The molecule has 1 heterocycles. The monoisotopic (exact) mass is 419 g/mol. The Bertz CT molecular complexity index is 602. The smallest absolute Gasteiger partial charge is 0.407 e. The maximum atomic E-state index is 12.0. The zero-order valence-electron chi connectivity index (χ0n) is 16.2. The summed E-state index contributed by atoms with van der Waals surface area (Å²) in [6.45, 7) is 2.36. The molecular formula is C19H33NO5S2. The number of alkyl carbamates (subject to hydrolysis) is 1. The molecule has 1 unspecified atom stereocenters. The lowest BCUT2D eigenvalue weighted by atomic mass is 10.1. The molecule has 0 aromatic carbocycles. The predicted molar refractivity (Wildman–Crippen MR) is 110 cm³/mol. The van der Waals surface area contributed by atoms with Gasteiger partial charge < -0.3 is 10.1 Å². The van der Waals surface area contributed by atoms with Gasteiger partial charge in [0.15, 0.2) is 0 Å². The van der Waals surface area contributed by atoms with Gasteiger partial charge in [-0.25, -0.2) is 4.79 Å². The Labute approximate surface area is 167 Å². The van der Waals surface area contributed by atoms with Gasteiger partial charge in [0, 0.05) is 11.4 Å². The number of amides is 1. The molecule has 0 radical (unpaired) electrons. The van der Waals surface area contributed by atoms with Crippen LogP contribution in [-0.4, -0.2) is 31.4 Å². The largest absolute Gasteiger partial charge is 0.441 e. The van der Waals surface area contributed by atoms with Crippen molar-refractivity contribution in [1.82, 2.24) is 5.32 Å². The molecular weight excluding hydrogens is 386 g/mol. The van der Waals surface area contributed by atoms with Crippen molar-refractivity contribution in [2.24, 2.45) is 0 Å². The second-order valence-electron chi connectivity index (χ2n) is 6.74. The Kier molecular flexibility index (Phi) is 12.4. The number of unbranched alkanes of at least 4 members (excludes halogenated alkanes) is 7. The number of thiophene rings is 1. The van der Waals surface area contributed by atoms with Crippen molar-refractivity contribution < 1.29 is 22.5 Å². The number of carbonyl (C=O) groups excluding carboxylic acids is 1. The molecule has 6 nitrogen and oxygen atoms in total. The molecule has 1 atom stereocenters. The minimum absolute atomic E-state index is 0.146. The van der Waals surface area contributed by atoms with Crippen LogP contribution >= 0.6 is 11.3 Å². The Hall–Kier alpha value is -1.12. The van der Waals surface area contributed by atoms with E-state index in [0.717, 1.165) is 24.1 Å². The highest BCUT2D eigenvalue weighted by atomic mass is 32.2. The molecule has 0 saturated carbocycles. The van der Waals surface area contributed by atoms with E-state index in [9.17, 15) is 13.2 Å². The van der Waals surface area contributed by atoms with Crippen molar-refractivity contribution in [3.8, 4) is 0 Å². The summed E-state index contributed by atoms with van der Waals surface area (Å²) >= 11 is 1.56. The molecule has 27 heavy (non-hydrogen) atoms. The molecule has 0 aliphatic heterocycles. The Morgan fingerprint density at radius 3 is 2.41 bits per heavy atom. The van der Waals surface area contributed by atoms with E-state index in [1.54, 1.807) is 11.3 Å². The van der Waals surface area contributed by atoms with E-state index >= 15 is 0 Å². The zero-order valence-corrected chi connectivity index (χ0v) is 17.8. The first-order valence-corrected chi connectivity index (χ1v) is 12.3. The fourth-order valence-electron chi connectivity index (χ4n) is 2.81. The summed E-state index contributed by atoms with van der Waals surface area (Å²) in [5, 5.41) is 4.51. The second kappa shape index (κ2) is 14.0. The van der Waals surface area contributed by atoms with Crippen LogP contribution in [0.5, 0.6) is 0 Å². The molecule has 156 valence electrons. The lowest BCUT2D eigenvalue weighted by molar-refractivity contribution is 0.0927. The van der Waals surface area contributed by atoms with Gasteiger partial charge in [0.05, 0.1) is 5.75 Å². The van der Waals surface area contributed by atoms with Crippen LogP contribution in [0.25, 0.3) is 0 Å². The van der Waals surface area contributed by atoms with E-state index in [1.165, 1.54) is 38.5 Å². The van der Waals surface area contributed by atoms with E-state index in [-0.39, 0.29) is 24.8 Å². The molecule has 2 N–H and O–H groups in total. The maximum absolute atomic E-state index is 12.0. The normalized spacial score (nSPS) is 12.7. The molecule has 1 aromatic heterocycles. The number of rotatable bonds is 15. The van der Waals surface area contributed by atoms with Gasteiger partial charge in [0.25, 0.3) is 10.1 Å². The molecule has 0 spiro atoms. The van der Waals surface area contributed by atoms with E-state index in [4.69, 9.17) is 9.29 Å². The standard InChI is InChI=1S/C19H33NO5S2/c1-2-3-4-5-6-7-8-9-12-17(18-13-10-15-26-18)25-19(21)20-14-11-16-27(22,23)24/h10,13,15,17H,2-9,11-12,14,16H2,1H3,(H,20,21)(H,22,23,24). The maximum Gasteiger partial charge on any atom is 0.407 e. The van der Waals surface area contributed by atoms with Crippen LogP contribution < -0.4 is 5.32 Å². The molecule has 0 fully saturated rings. The van der Waals surface area contributed by atoms with Crippen molar-refractivity contribution in [3.63, 3.8) is 0 Å². The zero-order chi connectivity index (χ0) is 20.0. The Morgan fingerprint density at radius 1 is 1.15 bits per heavy atom. The van der Waals surface area contributed by atoms with Crippen LogP contribution in [0.2, 0.25) is 0 Å². The van der Waals surface area contributed by atoms with Gasteiger partial charge in [-0.15, -0.1) is 11.3 Å². The van der Waals surface area contributed by atoms with Crippen LogP contribution in [0.4, 0.5) is 4.79 Å². The third-order valence-electron chi connectivity index (χ3n) is 4.28. The molecule has 1 amide bonds. The van der Waals surface area contributed by atoms with E-state index < -0.39 is 16.2 Å². The number of carbonyl (C=O) groups is 1. The SMILES string of the molecule is CCCCCCCCCCC(OC(=O)NCCCS(=O)(=O)O)c1cccs1. The third-order valence-corrected chi connectivity index (χ3v) is 6.05. The highest BCUT2D eigenvalue weighted by Gasteiger charge is 2.17. The first-order chi connectivity index (χ1) is 12.9. The predicted octanol–water partition coefficient (Wildman–Crippen LogP) is 5.32. The Balaban J connectivity index is 2.28. The highest BCUT2D eigenvalue weighted by Crippen LogP contribution is 2.28. The summed E-state index contributed by atoms with van der Waals surface area (Å²) in [5.74, 6) is -0.375. The van der Waals surface area contributed by atoms with Crippen LogP contribution in [0, 0.1) is 0 Å². The summed E-state index contributed by atoms with van der Waals surface area (Å²) in [5.41, 5.74) is 0. The first-order valence-electron chi connectivity index (χ1n) is 9.85. The van der Waals surface area contributed by atoms with E-state index in [2.05, 4.69) is 12.2 Å². The van der Waals surface area contributed by atoms with Crippen LogP contribution in [-0.2, 0) is 14.9 Å². The fraction of sp³-hybridized carbons (Fsp3) is 0.737. The quantitative estimate of drug-likeness (QED) is 0.296. The minimum Gasteiger partial charge on any atom is -0.441 e. The van der Waals surface area contributed by atoms with Crippen molar-refractivity contribution in [3.05, 3.63) is 22.4 Å². The molecule has 0 aliphatic carbocycles. The van der Waals surface area contributed by atoms with Gasteiger partial charge in [-0.1, -0.05) is 57.9 Å². The summed E-state index contributed by atoms with van der Waals surface area (Å²) in [4.78, 5) is 13.0. The topological polar surface area (TPSA) is 92.7 Å². The molecule has 1 rings (SSSR count). The van der Waals surface area contributed by atoms with Crippen molar-refractivity contribution in [2.75, 3.05) is 12.3 Å². The number of hydrogen-bond acceptors (Lipinski definition) is 5. The third kappa shape index (κ3) is 12.8. The second-order valence-corrected chi connectivity index (χ2v) is 9.29. The first kappa shape index (κ1) is 23.9. The van der Waals surface area contributed by atoms with Crippen LogP contribution in [0.1, 0.15) is 82.1 Å². The lowest BCUT2D eigenvalue weighted by Crippen LogP contribution is -2.28. The van der Waals surface area contributed by atoms with Gasteiger partial charge in [-0.2, -0.15) is 8.42 Å². The highest BCUT2D eigenvalue weighted by molar-refractivity contribution is 7.85. The summed E-state index contributed by atoms with van der Waals surface area (Å²) in [7, 11) is -4.00. The van der Waals surface area contributed by atoms with Gasteiger partial charge in [-0.05, 0) is 30.7 Å². The van der Waals surface area contributed by atoms with Crippen molar-refractivity contribution in [2.45, 2.75) is 77.2 Å². The van der Waals surface area contributed by atoms with Crippen molar-refractivity contribution >= 4 is 27.5 Å². The van der Waals surface area contributed by atoms with Gasteiger partial charge in [-0.3, -0.25) is 4.55 Å². The Morgan fingerprint density at radius 2 is 1.81 bits per heavy atom. The van der Waals surface area contributed by atoms with Crippen LogP contribution in [0.15, 0.2) is 17.5 Å². The molecule has 1 aromatic rings. The summed E-state index contributed by atoms with van der Waals surface area (Å²) in [6, 6.07) is 3.90. The summed E-state index contributed by atoms with van der Waals surface area (Å²) in [6.07, 6.45) is 9.91. The summed E-state index contributed by atoms with van der Waals surface area (Å²) < 4.78 is 35.6. The van der Waals surface area contributed by atoms with Crippen LogP contribution in [0.3, 0.4) is 0 Å². The minimum atomic E-state index is -4.00. The van der Waals surface area contributed by atoms with E-state index in [0.29, 0.717) is 0 Å².